The fourth-order valence-corrected chi connectivity index (χ4v) is 2.88. The van der Waals surface area contributed by atoms with E-state index in [0.717, 1.165) is 12.0 Å². The second kappa shape index (κ2) is 4.94. The minimum atomic E-state index is 0.841. The van der Waals surface area contributed by atoms with E-state index in [0.29, 0.717) is 0 Å². The van der Waals surface area contributed by atoms with E-state index in [2.05, 4.69) is 16.8 Å². The van der Waals surface area contributed by atoms with Gasteiger partial charge in [-0.15, -0.1) is 6.58 Å². The van der Waals surface area contributed by atoms with Gasteiger partial charge in [0.15, 0.2) is 0 Å². The van der Waals surface area contributed by atoms with Crippen molar-refractivity contribution in [3.8, 4) is 0 Å². The molecular formula is C12H22N2. The summed E-state index contributed by atoms with van der Waals surface area (Å²) in [7, 11) is 0. The zero-order valence-electron chi connectivity index (χ0n) is 9.04. The van der Waals surface area contributed by atoms with Crippen LogP contribution in [0.3, 0.4) is 0 Å². The number of hydrogen-bond donors (Lipinski definition) is 1. The normalized spacial score (nSPS) is 32.9. The van der Waals surface area contributed by atoms with Crippen molar-refractivity contribution in [2.45, 2.75) is 31.7 Å². The minimum Gasteiger partial charge on any atom is -0.315 e. The van der Waals surface area contributed by atoms with E-state index in [9.17, 15) is 0 Å². The average molecular weight is 194 g/mol. The number of piperidine rings is 1. The molecule has 0 aromatic rings. The SMILES string of the molecule is C=CCCCN1CCCC2CNCC21. The molecule has 0 aliphatic carbocycles. The molecule has 0 aromatic carbocycles. The van der Waals surface area contributed by atoms with Crippen molar-refractivity contribution in [3.63, 3.8) is 0 Å². The monoisotopic (exact) mass is 194 g/mol. The maximum absolute atomic E-state index is 3.78. The molecule has 2 heterocycles. The molecule has 0 spiro atoms. The van der Waals surface area contributed by atoms with Crippen molar-refractivity contribution in [1.82, 2.24) is 10.2 Å². The molecule has 2 nitrogen and oxygen atoms in total. The van der Waals surface area contributed by atoms with Crippen LogP contribution in [0.1, 0.15) is 25.7 Å². The zero-order valence-corrected chi connectivity index (χ0v) is 9.04. The van der Waals surface area contributed by atoms with E-state index in [1.54, 1.807) is 0 Å². The molecule has 2 unspecified atom stereocenters. The number of unbranched alkanes of at least 4 members (excludes halogenated alkanes) is 1. The number of nitrogens with one attached hydrogen (secondary N) is 1. The Balaban J connectivity index is 1.81. The predicted molar refractivity (Wildman–Crippen MR) is 60.4 cm³/mol. The second-order valence-electron chi connectivity index (χ2n) is 4.59. The van der Waals surface area contributed by atoms with E-state index in [1.807, 2.05) is 6.08 Å². The fourth-order valence-electron chi connectivity index (χ4n) is 2.88. The van der Waals surface area contributed by atoms with Gasteiger partial charge in [-0.25, -0.2) is 0 Å². The Morgan fingerprint density at radius 2 is 2.36 bits per heavy atom. The number of nitrogens with zero attached hydrogens (tertiary/aromatic N) is 1. The molecule has 0 bridgehead atoms. The molecule has 2 aliphatic rings. The van der Waals surface area contributed by atoms with Gasteiger partial charge < -0.3 is 5.32 Å². The third kappa shape index (κ3) is 2.18. The number of rotatable bonds is 4. The summed E-state index contributed by atoms with van der Waals surface area (Å²) in [6.07, 6.45) is 7.33. The molecule has 80 valence electrons. The summed E-state index contributed by atoms with van der Waals surface area (Å²) in [5.41, 5.74) is 0. The van der Waals surface area contributed by atoms with Gasteiger partial charge >= 0.3 is 0 Å². The largest absolute Gasteiger partial charge is 0.315 e. The van der Waals surface area contributed by atoms with Crippen molar-refractivity contribution in [3.05, 3.63) is 12.7 Å². The van der Waals surface area contributed by atoms with Gasteiger partial charge in [-0.2, -0.15) is 0 Å². The van der Waals surface area contributed by atoms with E-state index in [1.165, 1.54) is 51.9 Å². The standard InChI is InChI=1S/C12H22N2/c1-2-3-4-7-14-8-5-6-11-9-13-10-12(11)14/h2,11-13H,1,3-10H2. The van der Waals surface area contributed by atoms with Crippen LogP contribution in [0.4, 0.5) is 0 Å². The van der Waals surface area contributed by atoms with Crippen LogP contribution in [0, 0.1) is 5.92 Å². The van der Waals surface area contributed by atoms with E-state index in [-0.39, 0.29) is 0 Å². The Labute approximate surface area is 87.4 Å². The number of hydrogen-bond acceptors (Lipinski definition) is 2. The summed E-state index contributed by atoms with van der Waals surface area (Å²) in [5, 5.41) is 3.52. The first-order valence-corrected chi connectivity index (χ1v) is 5.97. The third-order valence-corrected chi connectivity index (χ3v) is 3.65. The van der Waals surface area contributed by atoms with Crippen LogP contribution in [-0.4, -0.2) is 37.1 Å². The molecule has 0 aromatic heterocycles. The van der Waals surface area contributed by atoms with Crippen LogP contribution in [0.5, 0.6) is 0 Å². The summed E-state index contributed by atoms with van der Waals surface area (Å²) in [6.45, 7) is 8.84. The van der Waals surface area contributed by atoms with Crippen LogP contribution in [-0.2, 0) is 0 Å². The van der Waals surface area contributed by atoms with Crippen LogP contribution in [0.15, 0.2) is 12.7 Å². The Bertz CT molecular complexity index is 191. The van der Waals surface area contributed by atoms with Crippen LogP contribution < -0.4 is 5.32 Å². The van der Waals surface area contributed by atoms with Crippen molar-refractivity contribution in [2.75, 3.05) is 26.2 Å². The zero-order chi connectivity index (χ0) is 9.80. The molecule has 0 amide bonds. The predicted octanol–water partition coefficient (Wildman–Crippen LogP) is 1.64. The van der Waals surface area contributed by atoms with Crippen LogP contribution >= 0.6 is 0 Å². The van der Waals surface area contributed by atoms with Crippen molar-refractivity contribution >= 4 is 0 Å². The maximum Gasteiger partial charge on any atom is 0.0260 e. The quantitative estimate of drug-likeness (QED) is 0.540. The molecule has 1 N–H and O–H groups in total. The molecule has 2 fully saturated rings. The molecular weight excluding hydrogens is 172 g/mol. The third-order valence-electron chi connectivity index (χ3n) is 3.65. The van der Waals surface area contributed by atoms with Crippen molar-refractivity contribution < 1.29 is 0 Å². The molecule has 0 radical (unpaired) electrons. The highest BCUT2D eigenvalue weighted by Gasteiger charge is 2.34. The number of fused-ring (bicyclic) bond motifs is 1. The molecule has 2 rings (SSSR count). The average Bonchev–Trinajstić information content (AvgIpc) is 2.67. The highest BCUT2D eigenvalue weighted by molar-refractivity contribution is 4.91. The van der Waals surface area contributed by atoms with Gasteiger partial charge in [-0.3, -0.25) is 4.90 Å². The van der Waals surface area contributed by atoms with Crippen LogP contribution in [0.2, 0.25) is 0 Å². The Kier molecular flexibility index (Phi) is 3.60. The summed E-state index contributed by atoms with van der Waals surface area (Å²) in [6, 6.07) is 0.841. The molecule has 0 saturated carbocycles. The Morgan fingerprint density at radius 3 is 3.21 bits per heavy atom. The Morgan fingerprint density at radius 1 is 1.43 bits per heavy atom. The minimum absolute atomic E-state index is 0.841. The van der Waals surface area contributed by atoms with Crippen LogP contribution in [0.25, 0.3) is 0 Å². The molecule has 2 aliphatic heterocycles. The molecule has 2 atom stereocenters. The highest BCUT2D eigenvalue weighted by Crippen LogP contribution is 2.26. The maximum atomic E-state index is 3.78. The van der Waals surface area contributed by atoms with Gasteiger partial charge in [0.1, 0.15) is 0 Å². The molecule has 14 heavy (non-hydrogen) atoms. The highest BCUT2D eigenvalue weighted by atomic mass is 15.2. The van der Waals surface area contributed by atoms with E-state index in [4.69, 9.17) is 0 Å². The lowest BCUT2D eigenvalue weighted by Crippen LogP contribution is -2.45. The lowest BCUT2D eigenvalue weighted by atomic mass is 9.92. The molecule has 2 saturated heterocycles. The lowest BCUT2D eigenvalue weighted by molar-refractivity contribution is 0.124. The van der Waals surface area contributed by atoms with Gasteiger partial charge in [-0.1, -0.05) is 6.08 Å². The van der Waals surface area contributed by atoms with Gasteiger partial charge in [-0.05, 0) is 51.2 Å². The van der Waals surface area contributed by atoms with E-state index >= 15 is 0 Å². The van der Waals surface area contributed by atoms with Gasteiger partial charge in [0.2, 0.25) is 0 Å². The summed E-state index contributed by atoms with van der Waals surface area (Å²) in [4.78, 5) is 2.69. The lowest BCUT2D eigenvalue weighted by Gasteiger charge is -2.37. The summed E-state index contributed by atoms with van der Waals surface area (Å²) < 4.78 is 0. The molecule has 2 heteroatoms. The van der Waals surface area contributed by atoms with Gasteiger partial charge in [0.25, 0.3) is 0 Å². The fraction of sp³-hybridized carbons (Fsp3) is 0.833. The second-order valence-corrected chi connectivity index (χ2v) is 4.59. The topological polar surface area (TPSA) is 15.3 Å². The summed E-state index contributed by atoms with van der Waals surface area (Å²) in [5.74, 6) is 0.937. The smallest absolute Gasteiger partial charge is 0.0260 e. The van der Waals surface area contributed by atoms with Gasteiger partial charge in [0.05, 0.1) is 0 Å². The van der Waals surface area contributed by atoms with E-state index < -0.39 is 0 Å². The first-order valence-electron chi connectivity index (χ1n) is 5.97. The number of likely N-dealkylation sites (tertiary alicyclic amines) is 1. The summed E-state index contributed by atoms with van der Waals surface area (Å²) >= 11 is 0. The number of allylic oxidation sites excluding steroid dienone is 1. The first kappa shape index (κ1) is 10.2. The van der Waals surface area contributed by atoms with Gasteiger partial charge in [0, 0.05) is 12.6 Å². The van der Waals surface area contributed by atoms with Crippen molar-refractivity contribution in [1.29, 1.82) is 0 Å². The Hall–Kier alpha value is -0.340. The first-order chi connectivity index (χ1) is 6.92. The van der Waals surface area contributed by atoms with Crippen molar-refractivity contribution in [2.24, 2.45) is 5.92 Å².